The van der Waals surface area contributed by atoms with E-state index in [0.29, 0.717) is 6.42 Å². The van der Waals surface area contributed by atoms with E-state index in [1.54, 1.807) is 0 Å². The van der Waals surface area contributed by atoms with Crippen molar-refractivity contribution in [3.8, 4) is 0 Å². The monoisotopic (exact) mass is 416 g/mol. The molecule has 0 aliphatic carbocycles. The lowest BCUT2D eigenvalue weighted by molar-refractivity contribution is 0.00288. The average Bonchev–Trinajstić information content (AvgIpc) is 2.44. The molecule has 6 heteroatoms. The predicted octanol–water partition coefficient (Wildman–Crippen LogP) is 4.87. The molecule has 0 atom stereocenters. The van der Waals surface area contributed by atoms with Gasteiger partial charge in [-0.15, -0.1) is 0 Å². The van der Waals surface area contributed by atoms with Gasteiger partial charge >= 0.3 is 0 Å². The number of unbranched alkanes of at least 4 members (excludes halogenated alkanes) is 5. The second-order valence-electron chi connectivity index (χ2n) is 4.39. The molecular formula is C14H22FIO3S. The number of rotatable bonds is 8. The summed E-state index contributed by atoms with van der Waals surface area (Å²) in [6.45, 7) is 2.11. The molecule has 0 saturated carbocycles. The van der Waals surface area contributed by atoms with Crippen LogP contribution in [0.3, 0.4) is 0 Å². The highest BCUT2D eigenvalue weighted by molar-refractivity contribution is 14.1. The van der Waals surface area contributed by atoms with Gasteiger partial charge in [-0.2, -0.15) is 8.42 Å². The fraction of sp³-hybridized carbons (Fsp3) is 0.571. The van der Waals surface area contributed by atoms with E-state index in [-0.39, 0.29) is 5.75 Å². The van der Waals surface area contributed by atoms with Crippen LogP contribution < -0.4 is 0 Å². The third-order valence-corrected chi connectivity index (χ3v) is 4.28. The Morgan fingerprint density at radius 1 is 1.05 bits per heavy atom. The molecule has 0 bridgehead atoms. The van der Waals surface area contributed by atoms with Crippen LogP contribution in [0.1, 0.15) is 45.4 Å². The van der Waals surface area contributed by atoms with Crippen molar-refractivity contribution in [2.45, 2.75) is 45.4 Å². The van der Waals surface area contributed by atoms with Gasteiger partial charge in [-0.1, -0.05) is 61.6 Å². The van der Waals surface area contributed by atoms with Crippen LogP contribution in [0.25, 0.3) is 0 Å². The zero-order chi connectivity index (χ0) is 15.3. The fourth-order valence-corrected chi connectivity index (χ4v) is 2.54. The van der Waals surface area contributed by atoms with Crippen LogP contribution in [0, 0.1) is 3.57 Å². The van der Waals surface area contributed by atoms with E-state index in [1.807, 2.05) is 18.2 Å². The third kappa shape index (κ3) is 12.8. The Labute approximate surface area is 135 Å². The normalized spacial score (nSPS) is 10.8. The standard InChI is InChI=1S/C8H17FO3S.C6H5I/c1-2-3-4-5-6-7-8-13(10,11)12-9;7-6-4-2-1-3-5-6/h2-8H2,1H3;1-5H. The summed E-state index contributed by atoms with van der Waals surface area (Å²) in [6, 6.07) is 10.2. The highest BCUT2D eigenvalue weighted by Gasteiger charge is 2.09. The summed E-state index contributed by atoms with van der Waals surface area (Å²) < 4.78 is 36.4. The minimum Gasteiger partial charge on any atom is -0.197 e. The van der Waals surface area contributed by atoms with Crippen molar-refractivity contribution in [2.24, 2.45) is 0 Å². The van der Waals surface area contributed by atoms with E-state index in [9.17, 15) is 12.9 Å². The highest BCUT2D eigenvalue weighted by Crippen LogP contribution is 2.07. The van der Waals surface area contributed by atoms with Gasteiger partial charge in [0.15, 0.2) is 0 Å². The largest absolute Gasteiger partial charge is 0.297 e. The first kappa shape index (κ1) is 19.8. The molecule has 1 aromatic rings. The average molecular weight is 416 g/mol. The molecule has 0 fully saturated rings. The first-order valence-electron chi connectivity index (χ1n) is 6.75. The third-order valence-electron chi connectivity index (χ3n) is 2.58. The molecule has 0 heterocycles. The molecule has 116 valence electrons. The Bertz CT molecular complexity index is 423. The van der Waals surface area contributed by atoms with E-state index in [4.69, 9.17) is 0 Å². The summed E-state index contributed by atoms with van der Waals surface area (Å²) in [5, 5.41) is 0. The van der Waals surface area contributed by atoms with Gasteiger partial charge in [0.25, 0.3) is 10.1 Å². The van der Waals surface area contributed by atoms with E-state index in [1.165, 1.54) is 9.99 Å². The van der Waals surface area contributed by atoms with Gasteiger partial charge in [-0.05, 0) is 45.7 Å². The molecule has 3 nitrogen and oxygen atoms in total. The molecule has 0 aromatic heterocycles. The van der Waals surface area contributed by atoms with Crippen LogP contribution in [0.15, 0.2) is 30.3 Å². The summed E-state index contributed by atoms with van der Waals surface area (Å²) in [7, 11) is -3.88. The predicted molar refractivity (Wildman–Crippen MR) is 88.5 cm³/mol. The maximum atomic E-state index is 11.3. The van der Waals surface area contributed by atoms with E-state index in [0.717, 1.165) is 25.7 Å². The summed E-state index contributed by atoms with van der Waals surface area (Å²) in [5.74, 6) is -0.213. The SMILES string of the molecule is CCCCCCCCS(=O)(=O)OF.Ic1ccccc1. The molecular weight excluding hydrogens is 394 g/mol. The first-order valence-corrected chi connectivity index (χ1v) is 9.41. The molecule has 0 radical (unpaired) electrons. The molecule has 1 aromatic carbocycles. The molecule has 0 spiro atoms. The maximum Gasteiger partial charge on any atom is 0.297 e. The second kappa shape index (κ2) is 12.5. The lowest BCUT2D eigenvalue weighted by Gasteiger charge is -1.99. The summed E-state index contributed by atoms with van der Waals surface area (Å²) in [5.41, 5.74) is 0. The van der Waals surface area contributed by atoms with Gasteiger partial charge in [-0.25, -0.2) is 0 Å². The van der Waals surface area contributed by atoms with E-state index in [2.05, 4.69) is 46.0 Å². The molecule has 20 heavy (non-hydrogen) atoms. The molecule has 0 unspecified atom stereocenters. The number of benzene rings is 1. The van der Waals surface area contributed by atoms with Crippen LogP contribution in [-0.4, -0.2) is 14.2 Å². The zero-order valence-corrected chi connectivity index (χ0v) is 14.7. The minimum absolute atomic E-state index is 0.213. The van der Waals surface area contributed by atoms with Crippen LogP contribution in [0.5, 0.6) is 0 Å². The zero-order valence-electron chi connectivity index (χ0n) is 11.7. The summed E-state index contributed by atoms with van der Waals surface area (Å²) in [4.78, 5) is 0. The Morgan fingerprint density at radius 2 is 1.60 bits per heavy atom. The van der Waals surface area contributed by atoms with Gasteiger partial charge < -0.3 is 0 Å². The van der Waals surface area contributed by atoms with E-state index < -0.39 is 10.1 Å². The van der Waals surface area contributed by atoms with E-state index >= 15 is 0 Å². The van der Waals surface area contributed by atoms with Crippen LogP contribution in [0.4, 0.5) is 4.53 Å². The Kier molecular flexibility index (Phi) is 12.4. The minimum atomic E-state index is -3.88. The lowest BCUT2D eigenvalue weighted by Crippen LogP contribution is -2.05. The fourth-order valence-electron chi connectivity index (χ4n) is 1.51. The Balaban J connectivity index is 0.000000428. The van der Waals surface area contributed by atoms with Gasteiger partial charge in [-0.3, -0.25) is 0 Å². The van der Waals surface area contributed by atoms with Crippen LogP contribution in [0.2, 0.25) is 0 Å². The molecule has 0 amide bonds. The quantitative estimate of drug-likeness (QED) is 0.449. The van der Waals surface area contributed by atoms with Crippen LogP contribution >= 0.6 is 22.6 Å². The first-order chi connectivity index (χ1) is 9.52. The van der Waals surface area contributed by atoms with Crippen molar-refractivity contribution < 1.29 is 17.3 Å². The van der Waals surface area contributed by atoms with Crippen molar-refractivity contribution >= 4 is 32.7 Å². The molecule has 0 saturated heterocycles. The van der Waals surface area contributed by atoms with Crippen molar-refractivity contribution in [3.05, 3.63) is 33.9 Å². The van der Waals surface area contributed by atoms with Crippen LogP contribution in [-0.2, 0) is 14.5 Å². The van der Waals surface area contributed by atoms with Crippen molar-refractivity contribution in [2.75, 3.05) is 5.75 Å². The molecule has 1 rings (SSSR count). The highest BCUT2D eigenvalue weighted by atomic mass is 127. The molecule has 0 aliphatic rings. The Morgan fingerprint density at radius 3 is 2.05 bits per heavy atom. The van der Waals surface area contributed by atoms with Gasteiger partial charge in [0.1, 0.15) is 0 Å². The van der Waals surface area contributed by atoms with Crippen molar-refractivity contribution in [1.82, 2.24) is 0 Å². The smallest absolute Gasteiger partial charge is 0.197 e. The summed E-state index contributed by atoms with van der Waals surface area (Å²) in [6.07, 6.45) is 5.76. The number of halogens is 2. The van der Waals surface area contributed by atoms with Gasteiger partial charge in [0.05, 0.1) is 5.75 Å². The van der Waals surface area contributed by atoms with Crippen molar-refractivity contribution in [3.63, 3.8) is 0 Å². The number of hydrogen-bond acceptors (Lipinski definition) is 3. The topological polar surface area (TPSA) is 43.4 Å². The van der Waals surface area contributed by atoms with Gasteiger partial charge in [0.2, 0.25) is 0 Å². The summed E-state index contributed by atoms with van der Waals surface area (Å²) >= 11 is 2.28. The lowest BCUT2D eigenvalue weighted by atomic mass is 10.1. The molecule has 0 N–H and O–H groups in total. The van der Waals surface area contributed by atoms with Gasteiger partial charge in [0, 0.05) is 3.57 Å². The maximum absolute atomic E-state index is 11.3. The second-order valence-corrected chi connectivity index (χ2v) is 7.28. The van der Waals surface area contributed by atoms with Crippen molar-refractivity contribution in [1.29, 1.82) is 0 Å². The Hall–Kier alpha value is -0.210. The molecule has 0 aliphatic heterocycles. The number of hydrogen-bond donors (Lipinski definition) is 0.